The molecule has 0 atom stereocenters. The first-order valence-corrected chi connectivity index (χ1v) is 7.49. The highest BCUT2D eigenvalue weighted by Crippen LogP contribution is 2.21. The lowest BCUT2D eigenvalue weighted by Crippen LogP contribution is -2.37. The van der Waals surface area contributed by atoms with Gasteiger partial charge in [0, 0.05) is 24.5 Å². The lowest BCUT2D eigenvalue weighted by Gasteiger charge is -2.10. The maximum atomic E-state index is 11.4. The Hall–Kier alpha value is -1.95. The second-order valence-electron chi connectivity index (χ2n) is 4.79. The van der Waals surface area contributed by atoms with Crippen LogP contribution < -0.4 is 15.4 Å². The summed E-state index contributed by atoms with van der Waals surface area (Å²) in [5.41, 5.74) is 0.969. The largest absolute Gasteiger partial charge is 0.493 e. The smallest absolute Gasteiger partial charge is 0.314 e. The summed E-state index contributed by atoms with van der Waals surface area (Å²) in [5, 5.41) is 14.4. The zero-order chi connectivity index (χ0) is 16.4. The first-order chi connectivity index (χ1) is 10.5. The third kappa shape index (κ3) is 7.73. The van der Waals surface area contributed by atoms with Gasteiger partial charge < -0.3 is 20.5 Å². The van der Waals surface area contributed by atoms with Gasteiger partial charge >= 0.3 is 12.0 Å². The number of carboxylic acid groups (broad SMARTS) is 1. The molecule has 122 valence electrons. The Morgan fingerprint density at radius 2 is 1.91 bits per heavy atom. The highest BCUT2D eigenvalue weighted by Gasteiger charge is 2.02. The molecule has 0 saturated heterocycles. The maximum absolute atomic E-state index is 11.4. The van der Waals surface area contributed by atoms with Crippen molar-refractivity contribution < 1.29 is 19.4 Å². The average molecular weight is 329 g/mol. The number of hydrogen-bond donors (Lipinski definition) is 3. The Kier molecular flexibility index (Phi) is 8.14. The van der Waals surface area contributed by atoms with Crippen molar-refractivity contribution in [2.45, 2.75) is 26.2 Å². The van der Waals surface area contributed by atoms with Crippen LogP contribution >= 0.6 is 11.6 Å². The van der Waals surface area contributed by atoms with Crippen LogP contribution in [0, 0.1) is 6.92 Å². The predicted molar refractivity (Wildman–Crippen MR) is 84.6 cm³/mol. The summed E-state index contributed by atoms with van der Waals surface area (Å²) in [6, 6.07) is 5.13. The van der Waals surface area contributed by atoms with Crippen molar-refractivity contribution in [2.75, 3.05) is 19.7 Å². The van der Waals surface area contributed by atoms with Crippen LogP contribution in [-0.2, 0) is 4.79 Å². The van der Waals surface area contributed by atoms with Crippen LogP contribution in [0.15, 0.2) is 18.2 Å². The first kappa shape index (κ1) is 18.1. The third-order valence-corrected chi connectivity index (χ3v) is 3.09. The van der Waals surface area contributed by atoms with Crippen LogP contribution in [0.25, 0.3) is 0 Å². The van der Waals surface area contributed by atoms with E-state index in [-0.39, 0.29) is 12.5 Å². The number of carbonyl (C=O) groups is 2. The maximum Gasteiger partial charge on any atom is 0.314 e. The second kappa shape index (κ2) is 9.89. The Morgan fingerprint density at radius 1 is 1.23 bits per heavy atom. The van der Waals surface area contributed by atoms with Crippen LogP contribution in [0.2, 0.25) is 5.02 Å². The van der Waals surface area contributed by atoms with Crippen LogP contribution in [0.5, 0.6) is 5.75 Å². The van der Waals surface area contributed by atoms with E-state index in [0.29, 0.717) is 37.6 Å². The van der Waals surface area contributed by atoms with E-state index >= 15 is 0 Å². The van der Waals surface area contributed by atoms with E-state index in [2.05, 4.69) is 10.6 Å². The molecule has 2 amide bonds. The van der Waals surface area contributed by atoms with Crippen molar-refractivity contribution in [1.29, 1.82) is 0 Å². The highest BCUT2D eigenvalue weighted by molar-refractivity contribution is 6.30. The fraction of sp³-hybridized carbons (Fsp3) is 0.467. The molecule has 7 heteroatoms. The number of urea groups is 1. The molecule has 0 saturated carbocycles. The van der Waals surface area contributed by atoms with Gasteiger partial charge in [0.15, 0.2) is 0 Å². The summed E-state index contributed by atoms with van der Waals surface area (Å²) in [5.74, 6) is -0.0839. The molecular weight excluding hydrogens is 308 g/mol. The Balaban J connectivity index is 2.07. The molecule has 6 nitrogen and oxygen atoms in total. The Labute approximate surface area is 134 Å². The minimum Gasteiger partial charge on any atom is -0.493 e. The van der Waals surface area contributed by atoms with Gasteiger partial charge in [0.05, 0.1) is 6.61 Å². The van der Waals surface area contributed by atoms with E-state index in [1.807, 2.05) is 19.1 Å². The van der Waals surface area contributed by atoms with Crippen LogP contribution in [0.3, 0.4) is 0 Å². The van der Waals surface area contributed by atoms with Crippen molar-refractivity contribution in [1.82, 2.24) is 10.6 Å². The minimum atomic E-state index is -0.864. The molecule has 1 aromatic rings. The summed E-state index contributed by atoms with van der Waals surface area (Å²) in [4.78, 5) is 21.7. The highest BCUT2D eigenvalue weighted by atomic mass is 35.5. The number of aliphatic carboxylic acids is 1. The van der Waals surface area contributed by atoms with Crippen LogP contribution in [0.4, 0.5) is 4.79 Å². The SMILES string of the molecule is Cc1cc(Cl)ccc1OCCCNC(=O)NCCCC(=O)O. The molecular formula is C15H21ClN2O4. The fourth-order valence-corrected chi connectivity index (χ4v) is 1.96. The van der Waals surface area contributed by atoms with Crippen LogP contribution in [-0.4, -0.2) is 36.8 Å². The second-order valence-corrected chi connectivity index (χ2v) is 5.23. The zero-order valence-electron chi connectivity index (χ0n) is 12.5. The van der Waals surface area contributed by atoms with Gasteiger partial charge in [-0.1, -0.05) is 11.6 Å². The van der Waals surface area contributed by atoms with E-state index in [1.165, 1.54) is 0 Å². The summed E-state index contributed by atoms with van der Waals surface area (Å²) in [6.07, 6.45) is 1.14. The fourth-order valence-electron chi connectivity index (χ4n) is 1.74. The number of hydrogen-bond acceptors (Lipinski definition) is 3. The first-order valence-electron chi connectivity index (χ1n) is 7.11. The van der Waals surface area contributed by atoms with Gasteiger partial charge in [0.1, 0.15) is 5.75 Å². The molecule has 0 unspecified atom stereocenters. The minimum absolute atomic E-state index is 0.0502. The van der Waals surface area contributed by atoms with E-state index in [0.717, 1.165) is 11.3 Å². The van der Waals surface area contributed by atoms with E-state index in [9.17, 15) is 9.59 Å². The Bertz CT molecular complexity index is 508. The number of aryl methyl sites for hydroxylation is 1. The summed E-state index contributed by atoms with van der Waals surface area (Å²) >= 11 is 5.86. The average Bonchev–Trinajstić information content (AvgIpc) is 2.45. The molecule has 0 aliphatic heterocycles. The van der Waals surface area contributed by atoms with Gasteiger partial charge in [-0.05, 0) is 43.5 Å². The molecule has 0 aliphatic rings. The molecule has 0 aromatic heterocycles. The lowest BCUT2D eigenvalue weighted by atomic mass is 10.2. The molecule has 22 heavy (non-hydrogen) atoms. The van der Waals surface area contributed by atoms with Crippen molar-refractivity contribution in [2.24, 2.45) is 0 Å². The summed E-state index contributed by atoms with van der Waals surface area (Å²) < 4.78 is 5.60. The van der Waals surface area contributed by atoms with Crippen LogP contribution in [0.1, 0.15) is 24.8 Å². The van der Waals surface area contributed by atoms with Gasteiger partial charge in [-0.25, -0.2) is 4.79 Å². The lowest BCUT2D eigenvalue weighted by molar-refractivity contribution is -0.137. The van der Waals surface area contributed by atoms with Crippen molar-refractivity contribution in [3.05, 3.63) is 28.8 Å². The monoisotopic (exact) mass is 328 g/mol. The Morgan fingerprint density at radius 3 is 2.55 bits per heavy atom. The molecule has 0 spiro atoms. The van der Waals surface area contributed by atoms with E-state index in [1.54, 1.807) is 6.07 Å². The molecule has 0 fully saturated rings. The molecule has 0 bridgehead atoms. The van der Waals surface area contributed by atoms with Crippen molar-refractivity contribution >= 4 is 23.6 Å². The molecule has 0 aliphatic carbocycles. The van der Waals surface area contributed by atoms with E-state index in [4.69, 9.17) is 21.4 Å². The van der Waals surface area contributed by atoms with Crippen molar-refractivity contribution in [3.63, 3.8) is 0 Å². The predicted octanol–water partition coefficient (Wildman–Crippen LogP) is 2.58. The van der Waals surface area contributed by atoms with Gasteiger partial charge in [-0.3, -0.25) is 4.79 Å². The van der Waals surface area contributed by atoms with Gasteiger partial charge in [-0.15, -0.1) is 0 Å². The quantitative estimate of drug-likeness (QED) is 0.608. The summed E-state index contributed by atoms with van der Waals surface area (Å²) in [7, 11) is 0. The molecule has 0 heterocycles. The van der Waals surface area contributed by atoms with Crippen molar-refractivity contribution in [3.8, 4) is 5.75 Å². The number of amides is 2. The number of nitrogens with one attached hydrogen (secondary N) is 2. The molecule has 1 rings (SSSR count). The number of benzene rings is 1. The van der Waals surface area contributed by atoms with Gasteiger partial charge in [0.25, 0.3) is 0 Å². The normalized spacial score (nSPS) is 10.1. The summed E-state index contributed by atoms with van der Waals surface area (Å²) in [6.45, 7) is 3.24. The molecule has 0 radical (unpaired) electrons. The number of ether oxygens (including phenoxy) is 1. The van der Waals surface area contributed by atoms with Gasteiger partial charge in [-0.2, -0.15) is 0 Å². The zero-order valence-corrected chi connectivity index (χ0v) is 13.3. The number of carboxylic acids is 1. The number of carbonyl (C=O) groups excluding carboxylic acids is 1. The number of halogens is 1. The standard InChI is InChI=1S/C15H21ClN2O4/c1-11-10-12(16)5-6-13(11)22-9-3-8-18-15(21)17-7-2-4-14(19)20/h5-6,10H,2-4,7-9H2,1H3,(H,19,20)(H2,17,18,21). The van der Waals surface area contributed by atoms with Gasteiger partial charge in [0.2, 0.25) is 0 Å². The topological polar surface area (TPSA) is 87.7 Å². The molecule has 3 N–H and O–H groups in total. The number of rotatable bonds is 9. The third-order valence-electron chi connectivity index (χ3n) is 2.85. The molecule has 1 aromatic carbocycles. The van der Waals surface area contributed by atoms with E-state index < -0.39 is 5.97 Å².